The summed E-state index contributed by atoms with van der Waals surface area (Å²) in [6.07, 6.45) is 1.85. The number of fused-ring (bicyclic) bond motifs is 1. The molecule has 1 saturated heterocycles. The van der Waals surface area contributed by atoms with Crippen LogP contribution in [0.4, 0.5) is 5.69 Å². The van der Waals surface area contributed by atoms with Crippen molar-refractivity contribution in [2.75, 3.05) is 24.6 Å². The molecule has 2 aliphatic rings. The van der Waals surface area contributed by atoms with Crippen molar-refractivity contribution in [2.45, 2.75) is 38.5 Å². The number of carbonyl (C=O) groups is 1. The van der Waals surface area contributed by atoms with E-state index in [1.165, 1.54) is 0 Å². The molecule has 0 atom stereocenters. The highest BCUT2D eigenvalue weighted by molar-refractivity contribution is 7.92. The van der Waals surface area contributed by atoms with Gasteiger partial charge in [0.05, 0.1) is 11.3 Å². The summed E-state index contributed by atoms with van der Waals surface area (Å²) in [6.45, 7) is 7.06. The molecule has 1 amide bonds. The second-order valence-electron chi connectivity index (χ2n) is 8.08. The van der Waals surface area contributed by atoms with Gasteiger partial charge in [-0.1, -0.05) is 6.92 Å². The zero-order valence-corrected chi connectivity index (χ0v) is 18.5. The number of hydrogen-bond donors (Lipinski definition) is 1. The highest BCUT2D eigenvalue weighted by atomic mass is 32.2. The summed E-state index contributed by atoms with van der Waals surface area (Å²) < 4.78 is 41.7. The molecule has 0 spiro atoms. The molecule has 0 bridgehead atoms. The van der Waals surface area contributed by atoms with Crippen molar-refractivity contribution in [3.8, 4) is 11.5 Å². The maximum atomic E-state index is 13.4. The number of sulfonamides is 1. The average Bonchev–Trinajstić information content (AvgIpc) is 3.26. The first-order chi connectivity index (χ1) is 14.2. The lowest BCUT2D eigenvalue weighted by molar-refractivity contribution is 0.0692. The van der Waals surface area contributed by atoms with Gasteiger partial charge in [-0.15, -0.1) is 0 Å². The minimum atomic E-state index is -4.00. The zero-order valence-electron chi connectivity index (χ0n) is 17.7. The second kappa shape index (κ2) is 7.54. The molecule has 1 N–H and O–H groups in total. The van der Waals surface area contributed by atoms with Gasteiger partial charge in [-0.25, -0.2) is 8.42 Å². The summed E-state index contributed by atoms with van der Waals surface area (Å²) in [5, 5.41) is 0. The van der Waals surface area contributed by atoms with E-state index in [2.05, 4.69) is 11.6 Å². The first-order valence-electron chi connectivity index (χ1n) is 10.1. The lowest BCUT2D eigenvalue weighted by Crippen LogP contribution is -2.38. The number of nitrogens with one attached hydrogen (secondary N) is 1. The van der Waals surface area contributed by atoms with Crippen molar-refractivity contribution in [3.63, 3.8) is 0 Å². The lowest BCUT2D eigenvalue weighted by Gasteiger charge is -2.30. The minimum absolute atomic E-state index is 0.0313. The maximum Gasteiger partial charge on any atom is 0.264 e. The molecule has 0 aliphatic carbocycles. The van der Waals surface area contributed by atoms with Crippen molar-refractivity contribution in [3.05, 3.63) is 35.2 Å². The van der Waals surface area contributed by atoms with Crippen LogP contribution in [-0.2, 0) is 17.1 Å². The molecule has 3 heterocycles. The Morgan fingerprint density at radius 2 is 1.77 bits per heavy atom. The van der Waals surface area contributed by atoms with E-state index >= 15 is 0 Å². The summed E-state index contributed by atoms with van der Waals surface area (Å²) in [4.78, 5) is 15.1. The number of hydrogen-bond acceptors (Lipinski definition) is 5. The van der Waals surface area contributed by atoms with E-state index in [4.69, 9.17) is 9.47 Å². The average molecular weight is 434 g/mol. The lowest BCUT2D eigenvalue weighted by atomic mass is 9.98. The van der Waals surface area contributed by atoms with Crippen molar-refractivity contribution in [1.29, 1.82) is 0 Å². The van der Waals surface area contributed by atoms with Crippen LogP contribution in [0.5, 0.6) is 11.5 Å². The zero-order chi connectivity index (χ0) is 21.6. The molecular formula is C21H27N3O5S. The number of likely N-dealkylation sites (tertiary alicyclic amines) is 1. The Labute approximate surface area is 176 Å². The van der Waals surface area contributed by atoms with Gasteiger partial charge in [-0.3, -0.25) is 9.52 Å². The van der Waals surface area contributed by atoms with Crippen LogP contribution >= 0.6 is 0 Å². The Bertz CT molecular complexity index is 1100. The Morgan fingerprint density at radius 1 is 1.10 bits per heavy atom. The third kappa shape index (κ3) is 3.51. The fourth-order valence-corrected chi connectivity index (χ4v) is 5.60. The third-order valence-electron chi connectivity index (χ3n) is 6.10. The van der Waals surface area contributed by atoms with E-state index in [0.717, 1.165) is 12.8 Å². The predicted molar refractivity (Wildman–Crippen MR) is 113 cm³/mol. The number of amides is 1. The maximum absolute atomic E-state index is 13.4. The summed E-state index contributed by atoms with van der Waals surface area (Å²) in [7, 11) is -2.23. The molecule has 30 heavy (non-hydrogen) atoms. The Balaban J connectivity index is 1.71. The number of carbonyl (C=O) groups excluding carboxylic acids is 1. The first kappa shape index (κ1) is 20.6. The fraction of sp³-hybridized carbons (Fsp3) is 0.476. The number of aromatic nitrogens is 1. The van der Waals surface area contributed by atoms with Crippen molar-refractivity contribution in [1.82, 2.24) is 9.47 Å². The molecule has 1 fully saturated rings. The molecule has 162 valence electrons. The third-order valence-corrected chi connectivity index (χ3v) is 7.64. The smallest absolute Gasteiger partial charge is 0.264 e. The van der Waals surface area contributed by atoms with Crippen LogP contribution < -0.4 is 14.2 Å². The number of rotatable bonds is 4. The number of piperidine rings is 1. The number of ether oxygens (including phenoxy) is 2. The monoisotopic (exact) mass is 433 g/mol. The number of anilines is 1. The largest absolute Gasteiger partial charge is 0.454 e. The first-order valence-corrected chi connectivity index (χ1v) is 11.5. The van der Waals surface area contributed by atoms with Crippen LogP contribution in [0.25, 0.3) is 0 Å². The van der Waals surface area contributed by atoms with Crippen molar-refractivity contribution in [2.24, 2.45) is 13.0 Å². The van der Waals surface area contributed by atoms with Gasteiger partial charge < -0.3 is 18.9 Å². The quantitative estimate of drug-likeness (QED) is 0.801. The van der Waals surface area contributed by atoms with Crippen LogP contribution in [0.15, 0.2) is 23.1 Å². The van der Waals surface area contributed by atoms with Gasteiger partial charge in [0.2, 0.25) is 6.79 Å². The molecule has 0 saturated carbocycles. The van der Waals surface area contributed by atoms with Gasteiger partial charge in [-0.2, -0.15) is 0 Å². The highest BCUT2D eigenvalue weighted by Gasteiger charge is 2.34. The summed E-state index contributed by atoms with van der Waals surface area (Å²) in [5.41, 5.74) is 1.76. The molecule has 9 heteroatoms. The second-order valence-corrected chi connectivity index (χ2v) is 9.70. The fourth-order valence-electron chi connectivity index (χ4n) is 4.03. The van der Waals surface area contributed by atoms with Crippen molar-refractivity contribution < 1.29 is 22.7 Å². The predicted octanol–water partition coefficient (Wildman–Crippen LogP) is 3.04. The van der Waals surface area contributed by atoms with Crippen molar-refractivity contribution >= 4 is 21.6 Å². The number of nitrogens with zero attached hydrogens (tertiary/aromatic N) is 2. The topological polar surface area (TPSA) is 89.9 Å². The van der Waals surface area contributed by atoms with E-state index in [-0.39, 0.29) is 23.2 Å². The van der Waals surface area contributed by atoms with Crippen LogP contribution in [0.3, 0.4) is 0 Å². The molecule has 0 unspecified atom stereocenters. The van der Waals surface area contributed by atoms with E-state index in [1.54, 1.807) is 48.6 Å². The van der Waals surface area contributed by atoms with Gasteiger partial charge >= 0.3 is 0 Å². The minimum Gasteiger partial charge on any atom is -0.454 e. The standard InChI is InChI=1S/C21H27N3O5S/c1-13-7-9-24(10-8-13)21(25)19-14(2)23(4)15(3)20(19)30(26,27)22-16-5-6-17-18(11-16)29-12-28-17/h5-6,11,13,22H,7-10,12H2,1-4H3. The van der Waals surface area contributed by atoms with Crippen LogP contribution in [-0.4, -0.2) is 43.7 Å². The molecule has 2 aliphatic heterocycles. The normalized spacial score (nSPS) is 16.7. The van der Waals surface area contributed by atoms with Gasteiger partial charge in [0, 0.05) is 37.6 Å². The van der Waals surface area contributed by atoms with Crippen LogP contribution in [0, 0.1) is 19.8 Å². The molecule has 2 aromatic rings. The Morgan fingerprint density at radius 3 is 2.47 bits per heavy atom. The highest BCUT2D eigenvalue weighted by Crippen LogP contribution is 2.36. The van der Waals surface area contributed by atoms with Crippen LogP contribution in [0.1, 0.15) is 41.5 Å². The van der Waals surface area contributed by atoms with E-state index in [0.29, 0.717) is 47.6 Å². The summed E-state index contributed by atoms with van der Waals surface area (Å²) in [6, 6.07) is 4.85. The van der Waals surface area contributed by atoms with Gasteiger partial charge in [-0.05, 0) is 44.7 Å². The van der Waals surface area contributed by atoms with E-state index < -0.39 is 10.0 Å². The molecule has 8 nitrogen and oxygen atoms in total. The van der Waals surface area contributed by atoms with E-state index in [9.17, 15) is 13.2 Å². The molecule has 4 rings (SSSR count). The van der Waals surface area contributed by atoms with Crippen LogP contribution in [0.2, 0.25) is 0 Å². The van der Waals surface area contributed by atoms with Gasteiger partial charge in [0.15, 0.2) is 11.5 Å². The molecular weight excluding hydrogens is 406 g/mol. The van der Waals surface area contributed by atoms with E-state index in [1.807, 2.05) is 0 Å². The summed E-state index contributed by atoms with van der Waals surface area (Å²) >= 11 is 0. The summed E-state index contributed by atoms with van der Waals surface area (Å²) in [5.74, 6) is 1.40. The van der Waals surface area contributed by atoms with Gasteiger partial charge in [0.1, 0.15) is 4.90 Å². The molecule has 1 aromatic heterocycles. The van der Waals surface area contributed by atoms with Gasteiger partial charge in [0.25, 0.3) is 15.9 Å². The number of benzene rings is 1. The molecule has 0 radical (unpaired) electrons. The Hall–Kier alpha value is -2.68. The SMILES string of the molecule is Cc1c(C(=O)N2CCC(C)CC2)c(S(=O)(=O)Nc2ccc3c(c2)OCO3)c(C)n1C. The Kier molecular flexibility index (Phi) is 5.17. The molecule has 1 aromatic carbocycles.